The van der Waals surface area contributed by atoms with Gasteiger partial charge < -0.3 is 10.4 Å². The van der Waals surface area contributed by atoms with Gasteiger partial charge >= 0.3 is 0 Å². The third-order valence-electron chi connectivity index (χ3n) is 3.47. The van der Waals surface area contributed by atoms with Crippen molar-refractivity contribution in [2.45, 2.75) is 19.7 Å². The highest BCUT2D eigenvalue weighted by molar-refractivity contribution is 5.78. The zero-order valence-corrected chi connectivity index (χ0v) is 11.8. The Hall–Kier alpha value is -2.23. The van der Waals surface area contributed by atoms with Gasteiger partial charge in [-0.1, -0.05) is 48.5 Å². The van der Waals surface area contributed by atoms with Gasteiger partial charge in [-0.2, -0.15) is 0 Å². The Morgan fingerprint density at radius 3 is 2.62 bits per heavy atom. The van der Waals surface area contributed by atoms with Crippen LogP contribution in [0.3, 0.4) is 0 Å². The van der Waals surface area contributed by atoms with Crippen molar-refractivity contribution in [1.29, 1.82) is 0 Å². The van der Waals surface area contributed by atoms with Gasteiger partial charge in [-0.25, -0.2) is 0 Å². The largest absolute Gasteiger partial charge is 0.392 e. The smallest absolute Gasteiger partial charge is 0.0705 e. The zero-order chi connectivity index (χ0) is 14.5. The average molecular weight is 278 g/mol. The van der Waals surface area contributed by atoms with E-state index in [9.17, 15) is 0 Å². The van der Waals surface area contributed by atoms with E-state index in [1.807, 2.05) is 36.4 Å². The molecule has 0 unspecified atom stereocenters. The molecule has 0 bridgehead atoms. The van der Waals surface area contributed by atoms with Crippen LogP contribution >= 0.6 is 0 Å². The van der Waals surface area contributed by atoms with E-state index >= 15 is 0 Å². The topological polar surface area (TPSA) is 45.1 Å². The first-order valence-corrected chi connectivity index (χ1v) is 7.09. The average Bonchev–Trinajstić information content (AvgIpc) is 2.55. The number of rotatable bonds is 5. The minimum absolute atomic E-state index is 0.0834. The lowest BCUT2D eigenvalue weighted by Gasteiger charge is -2.07. The lowest BCUT2D eigenvalue weighted by molar-refractivity contribution is 0.281. The molecule has 0 aliphatic rings. The van der Waals surface area contributed by atoms with Crippen LogP contribution in [0.25, 0.3) is 10.9 Å². The minimum Gasteiger partial charge on any atom is -0.392 e. The van der Waals surface area contributed by atoms with Crippen LogP contribution in [0.2, 0.25) is 0 Å². The summed E-state index contributed by atoms with van der Waals surface area (Å²) in [5.74, 6) is 0. The summed E-state index contributed by atoms with van der Waals surface area (Å²) < 4.78 is 0. The molecule has 0 fully saturated rings. The Balaban J connectivity index is 1.63. The van der Waals surface area contributed by atoms with E-state index < -0.39 is 0 Å². The first kappa shape index (κ1) is 13.7. The number of nitrogens with zero attached hydrogens (tertiary/aromatic N) is 1. The van der Waals surface area contributed by atoms with Gasteiger partial charge in [-0.05, 0) is 23.3 Å². The lowest BCUT2D eigenvalue weighted by atomic mass is 10.1. The monoisotopic (exact) mass is 278 g/mol. The summed E-state index contributed by atoms with van der Waals surface area (Å²) in [5, 5.41) is 13.7. The highest BCUT2D eigenvalue weighted by Crippen LogP contribution is 2.12. The fraction of sp³-hybridized carbons (Fsp3) is 0.167. The maximum atomic E-state index is 9.14. The molecular formula is C18H18N2O. The summed E-state index contributed by atoms with van der Waals surface area (Å²) in [7, 11) is 0. The van der Waals surface area contributed by atoms with Crippen molar-refractivity contribution in [2.24, 2.45) is 0 Å². The number of nitrogens with one attached hydrogen (secondary N) is 1. The number of hydrogen-bond donors (Lipinski definition) is 2. The normalized spacial score (nSPS) is 10.9. The van der Waals surface area contributed by atoms with Crippen LogP contribution in [0, 0.1) is 0 Å². The van der Waals surface area contributed by atoms with Crippen LogP contribution in [-0.2, 0) is 19.7 Å². The van der Waals surface area contributed by atoms with Gasteiger partial charge in [0.05, 0.1) is 17.8 Å². The third-order valence-corrected chi connectivity index (χ3v) is 3.47. The van der Waals surface area contributed by atoms with Gasteiger partial charge in [0.1, 0.15) is 0 Å². The van der Waals surface area contributed by atoms with E-state index in [0.29, 0.717) is 0 Å². The Morgan fingerprint density at radius 1 is 0.857 bits per heavy atom. The van der Waals surface area contributed by atoms with Gasteiger partial charge in [0.25, 0.3) is 0 Å². The van der Waals surface area contributed by atoms with Crippen molar-refractivity contribution in [3.05, 3.63) is 77.5 Å². The molecule has 21 heavy (non-hydrogen) atoms. The molecule has 0 radical (unpaired) electrons. The van der Waals surface area contributed by atoms with Gasteiger partial charge in [0, 0.05) is 18.5 Å². The lowest BCUT2D eigenvalue weighted by Crippen LogP contribution is -2.13. The number of benzene rings is 2. The quantitative estimate of drug-likeness (QED) is 0.754. The first-order valence-electron chi connectivity index (χ1n) is 7.09. The maximum Gasteiger partial charge on any atom is 0.0705 e. The number of aliphatic hydroxyl groups excluding tert-OH is 1. The van der Waals surface area contributed by atoms with Gasteiger partial charge in [0.2, 0.25) is 0 Å². The molecule has 1 heterocycles. The fourth-order valence-electron chi connectivity index (χ4n) is 2.38. The molecular weight excluding hydrogens is 260 g/mol. The van der Waals surface area contributed by atoms with Crippen molar-refractivity contribution in [2.75, 3.05) is 0 Å². The number of fused-ring (bicyclic) bond motifs is 1. The summed E-state index contributed by atoms with van der Waals surface area (Å²) >= 11 is 0. The van der Waals surface area contributed by atoms with Crippen molar-refractivity contribution in [3.63, 3.8) is 0 Å². The second-order valence-electron chi connectivity index (χ2n) is 5.08. The summed E-state index contributed by atoms with van der Waals surface area (Å²) in [5.41, 5.74) is 4.17. The number of pyridine rings is 1. The molecule has 1 aromatic heterocycles. The molecule has 0 amide bonds. The molecule has 2 N–H and O–H groups in total. The molecule has 0 spiro atoms. The van der Waals surface area contributed by atoms with E-state index in [1.165, 1.54) is 5.56 Å². The molecule has 2 aromatic carbocycles. The van der Waals surface area contributed by atoms with E-state index in [0.717, 1.165) is 35.2 Å². The second kappa shape index (κ2) is 6.48. The van der Waals surface area contributed by atoms with Crippen LogP contribution in [-0.4, -0.2) is 10.1 Å². The minimum atomic E-state index is 0.0834. The Labute approximate surface area is 124 Å². The zero-order valence-electron chi connectivity index (χ0n) is 11.8. The maximum absolute atomic E-state index is 9.14. The summed E-state index contributed by atoms with van der Waals surface area (Å²) in [6.45, 7) is 1.58. The molecule has 0 aliphatic carbocycles. The van der Waals surface area contributed by atoms with Gasteiger partial charge in [-0.3, -0.25) is 4.98 Å². The van der Waals surface area contributed by atoms with Crippen LogP contribution in [0.5, 0.6) is 0 Å². The Bertz CT molecular complexity index is 740. The second-order valence-corrected chi connectivity index (χ2v) is 5.08. The Kier molecular flexibility index (Phi) is 4.24. The van der Waals surface area contributed by atoms with E-state index in [-0.39, 0.29) is 6.61 Å². The standard InChI is InChI=1S/C18H18N2O/c21-13-15-5-3-4-14(10-15)11-19-12-17-9-8-16-6-1-2-7-18(16)20-17/h1-10,19,21H,11-13H2. The van der Waals surface area contributed by atoms with Gasteiger partial charge in [-0.15, -0.1) is 0 Å². The number of aliphatic hydroxyl groups is 1. The highest BCUT2D eigenvalue weighted by Gasteiger charge is 1.99. The third kappa shape index (κ3) is 3.45. The SMILES string of the molecule is OCc1cccc(CNCc2ccc3ccccc3n2)c1. The summed E-state index contributed by atoms with van der Waals surface area (Å²) in [4.78, 5) is 4.64. The molecule has 0 atom stereocenters. The van der Waals surface area contributed by atoms with Crippen LogP contribution < -0.4 is 5.32 Å². The fourth-order valence-corrected chi connectivity index (χ4v) is 2.38. The molecule has 3 heteroatoms. The summed E-state index contributed by atoms with van der Waals surface area (Å²) in [6.07, 6.45) is 0. The first-order chi connectivity index (χ1) is 10.3. The van der Waals surface area contributed by atoms with Crippen LogP contribution in [0.15, 0.2) is 60.7 Å². The van der Waals surface area contributed by atoms with Crippen molar-refractivity contribution < 1.29 is 5.11 Å². The molecule has 3 nitrogen and oxygen atoms in total. The van der Waals surface area contributed by atoms with E-state index in [1.54, 1.807) is 0 Å². The molecule has 0 saturated heterocycles. The molecule has 106 valence electrons. The number of hydrogen-bond acceptors (Lipinski definition) is 3. The van der Waals surface area contributed by atoms with E-state index in [2.05, 4.69) is 34.6 Å². The van der Waals surface area contributed by atoms with E-state index in [4.69, 9.17) is 5.11 Å². The van der Waals surface area contributed by atoms with Crippen molar-refractivity contribution in [3.8, 4) is 0 Å². The molecule has 0 aliphatic heterocycles. The van der Waals surface area contributed by atoms with Crippen LogP contribution in [0.1, 0.15) is 16.8 Å². The van der Waals surface area contributed by atoms with Crippen LogP contribution in [0.4, 0.5) is 0 Å². The Morgan fingerprint density at radius 2 is 1.71 bits per heavy atom. The number of para-hydroxylation sites is 1. The highest BCUT2D eigenvalue weighted by atomic mass is 16.3. The van der Waals surface area contributed by atoms with Crippen molar-refractivity contribution in [1.82, 2.24) is 10.3 Å². The summed E-state index contributed by atoms with van der Waals surface area (Å²) in [6, 6.07) is 20.3. The predicted molar refractivity (Wildman–Crippen MR) is 84.7 cm³/mol. The molecule has 3 rings (SSSR count). The molecule has 0 saturated carbocycles. The van der Waals surface area contributed by atoms with Gasteiger partial charge in [0.15, 0.2) is 0 Å². The number of aromatic nitrogens is 1. The van der Waals surface area contributed by atoms with Crippen molar-refractivity contribution >= 4 is 10.9 Å². The molecule has 3 aromatic rings. The predicted octanol–water partition coefficient (Wildman–Crippen LogP) is 3.02.